The Morgan fingerprint density at radius 2 is 1.72 bits per heavy atom. The highest BCUT2D eigenvalue weighted by molar-refractivity contribution is 7.89. The predicted octanol–water partition coefficient (Wildman–Crippen LogP) is 3.93. The number of nitrogens with one attached hydrogen (secondary N) is 3. The number of amides is 2. The molecular formula is C22H26ClN3O5S. The lowest BCUT2D eigenvalue weighted by Gasteiger charge is -2.22. The summed E-state index contributed by atoms with van der Waals surface area (Å²) in [7, 11) is -3.68. The van der Waals surface area contributed by atoms with E-state index < -0.39 is 15.9 Å². The molecule has 32 heavy (non-hydrogen) atoms. The van der Waals surface area contributed by atoms with Gasteiger partial charge in [0.1, 0.15) is 5.75 Å². The summed E-state index contributed by atoms with van der Waals surface area (Å²) in [5.74, 6) is -0.451. The molecule has 0 aromatic heterocycles. The van der Waals surface area contributed by atoms with Gasteiger partial charge in [0.05, 0.1) is 9.92 Å². The molecule has 1 aliphatic rings. The molecule has 172 valence electrons. The number of carbonyl (C=O) groups is 2. The predicted molar refractivity (Wildman–Crippen MR) is 124 cm³/mol. The van der Waals surface area contributed by atoms with Crippen molar-refractivity contribution in [1.29, 1.82) is 0 Å². The number of rotatable bonds is 8. The number of carbonyl (C=O) groups excluding carboxylic acids is 2. The molecule has 2 aromatic rings. The first kappa shape index (κ1) is 24.0. The number of benzene rings is 2. The van der Waals surface area contributed by atoms with E-state index in [1.54, 1.807) is 24.3 Å². The molecule has 0 bridgehead atoms. The Bertz CT molecular complexity index is 1080. The van der Waals surface area contributed by atoms with Gasteiger partial charge in [-0.2, -0.15) is 0 Å². The normalized spacial score (nSPS) is 14.6. The molecule has 10 heteroatoms. The fourth-order valence-corrected chi connectivity index (χ4v) is 5.12. The van der Waals surface area contributed by atoms with E-state index in [4.69, 9.17) is 16.3 Å². The van der Waals surface area contributed by atoms with E-state index in [0.717, 1.165) is 32.1 Å². The Morgan fingerprint density at radius 3 is 2.38 bits per heavy atom. The molecule has 2 aromatic carbocycles. The molecule has 0 heterocycles. The van der Waals surface area contributed by atoms with Crippen LogP contribution in [0.25, 0.3) is 0 Å². The van der Waals surface area contributed by atoms with Crippen molar-refractivity contribution >= 4 is 44.8 Å². The fourth-order valence-electron chi connectivity index (χ4n) is 3.49. The van der Waals surface area contributed by atoms with Crippen molar-refractivity contribution in [3.8, 4) is 5.75 Å². The van der Waals surface area contributed by atoms with Crippen LogP contribution in [0.2, 0.25) is 5.02 Å². The molecule has 3 rings (SSSR count). The summed E-state index contributed by atoms with van der Waals surface area (Å²) in [5, 5.41) is 5.39. The van der Waals surface area contributed by atoms with Crippen LogP contribution in [0.5, 0.6) is 5.75 Å². The maximum Gasteiger partial charge on any atom is 0.262 e. The molecule has 0 atom stereocenters. The van der Waals surface area contributed by atoms with Crippen LogP contribution in [0.15, 0.2) is 47.4 Å². The summed E-state index contributed by atoms with van der Waals surface area (Å²) < 4.78 is 33.4. The van der Waals surface area contributed by atoms with Crippen molar-refractivity contribution in [1.82, 2.24) is 4.72 Å². The van der Waals surface area contributed by atoms with E-state index in [0.29, 0.717) is 11.4 Å². The number of sulfonamides is 1. The van der Waals surface area contributed by atoms with Gasteiger partial charge in [-0.3, -0.25) is 9.59 Å². The van der Waals surface area contributed by atoms with Crippen LogP contribution in [0, 0.1) is 0 Å². The van der Waals surface area contributed by atoms with Gasteiger partial charge in [0.15, 0.2) is 6.61 Å². The van der Waals surface area contributed by atoms with Gasteiger partial charge in [-0.1, -0.05) is 36.9 Å². The van der Waals surface area contributed by atoms with E-state index in [-0.39, 0.29) is 34.2 Å². The largest absolute Gasteiger partial charge is 0.482 e. The van der Waals surface area contributed by atoms with E-state index in [9.17, 15) is 18.0 Å². The quantitative estimate of drug-likeness (QED) is 0.531. The lowest BCUT2D eigenvalue weighted by Crippen LogP contribution is -2.36. The van der Waals surface area contributed by atoms with Crippen LogP contribution in [-0.2, 0) is 19.6 Å². The van der Waals surface area contributed by atoms with Crippen molar-refractivity contribution in [2.75, 3.05) is 17.2 Å². The summed E-state index contributed by atoms with van der Waals surface area (Å²) in [4.78, 5) is 23.4. The van der Waals surface area contributed by atoms with E-state index >= 15 is 0 Å². The van der Waals surface area contributed by atoms with Crippen molar-refractivity contribution in [3.63, 3.8) is 0 Å². The van der Waals surface area contributed by atoms with E-state index in [1.807, 2.05) is 0 Å². The van der Waals surface area contributed by atoms with Gasteiger partial charge in [0, 0.05) is 24.3 Å². The summed E-state index contributed by atoms with van der Waals surface area (Å²) in [6.45, 7) is 1.07. The maximum absolute atomic E-state index is 12.6. The van der Waals surface area contributed by atoms with Gasteiger partial charge in [-0.15, -0.1) is 0 Å². The smallest absolute Gasteiger partial charge is 0.262 e. The minimum atomic E-state index is -3.68. The fraction of sp³-hybridized carbons (Fsp3) is 0.364. The molecular weight excluding hydrogens is 454 g/mol. The van der Waals surface area contributed by atoms with Crippen LogP contribution >= 0.6 is 11.6 Å². The molecule has 1 aliphatic carbocycles. The van der Waals surface area contributed by atoms with Crippen molar-refractivity contribution in [3.05, 3.63) is 47.5 Å². The first-order valence-electron chi connectivity index (χ1n) is 10.3. The van der Waals surface area contributed by atoms with Crippen LogP contribution in [0.4, 0.5) is 11.4 Å². The first-order valence-corrected chi connectivity index (χ1v) is 12.2. The average molecular weight is 480 g/mol. The molecule has 0 aliphatic heterocycles. The Labute approximate surface area is 192 Å². The maximum atomic E-state index is 12.6. The Kier molecular flexibility index (Phi) is 8.11. The van der Waals surface area contributed by atoms with Gasteiger partial charge < -0.3 is 15.4 Å². The van der Waals surface area contributed by atoms with Gasteiger partial charge in [0.25, 0.3) is 5.91 Å². The third-order valence-corrected chi connectivity index (χ3v) is 6.78. The Balaban J connectivity index is 1.57. The van der Waals surface area contributed by atoms with Gasteiger partial charge in [-0.25, -0.2) is 13.1 Å². The zero-order valence-corrected chi connectivity index (χ0v) is 19.3. The summed E-state index contributed by atoms with van der Waals surface area (Å²) in [5.41, 5.74) is 1.05. The molecule has 3 N–H and O–H groups in total. The van der Waals surface area contributed by atoms with Crippen LogP contribution < -0.4 is 20.1 Å². The second kappa shape index (κ2) is 10.8. The molecule has 1 saturated carbocycles. The highest BCUT2D eigenvalue weighted by atomic mass is 35.5. The molecule has 2 amide bonds. The molecule has 0 unspecified atom stereocenters. The number of hydrogen-bond acceptors (Lipinski definition) is 5. The van der Waals surface area contributed by atoms with Crippen molar-refractivity contribution in [2.24, 2.45) is 0 Å². The van der Waals surface area contributed by atoms with Crippen molar-refractivity contribution < 1.29 is 22.7 Å². The number of halogens is 1. The van der Waals surface area contributed by atoms with Gasteiger partial charge >= 0.3 is 0 Å². The monoisotopic (exact) mass is 479 g/mol. The summed E-state index contributed by atoms with van der Waals surface area (Å²) in [6.07, 6.45) is 4.82. The number of anilines is 2. The summed E-state index contributed by atoms with van der Waals surface area (Å²) in [6, 6.07) is 10.8. The number of ether oxygens (including phenoxy) is 1. The lowest BCUT2D eigenvalue weighted by atomic mass is 9.96. The Morgan fingerprint density at radius 1 is 1.03 bits per heavy atom. The highest BCUT2D eigenvalue weighted by Crippen LogP contribution is 2.28. The Hall–Kier alpha value is -2.62. The second-order valence-corrected chi connectivity index (χ2v) is 9.77. The van der Waals surface area contributed by atoms with Crippen molar-refractivity contribution in [2.45, 2.75) is 50.0 Å². The minimum Gasteiger partial charge on any atom is -0.482 e. The zero-order chi connectivity index (χ0) is 23.1. The van der Waals surface area contributed by atoms with Gasteiger partial charge in [0.2, 0.25) is 15.9 Å². The second-order valence-electron chi connectivity index (χ2n) is 7.65. The number of hydrogen-bond donors (Lipinski definition) is 3. The minimum absolute atomic E-state index is 0.0552. The first-order chi connectivity index (χ1) is 15.2. The molecule has 8 nitrogen and oxygen atoms in total. The molecule has 0 saturated heterocycles. The topological polar surface area (TPSA) is 114 Å². The summed E-state index contributed by atoms with van der Waals surface area (Å²) >= 11 is 6.20. The molecule has 0 radical (unpaired) electrons. The third kappa shape index (κ3) is 6.94. The average Bonchev–Trinajstić information content (AvgIpc) is 2.73. The van der Waals surface area contributed by atoms with Crippen LogP contribution in [0.1, 0.15) is 39.0 Å². The highest BCUT2D eigenvalue weighted by Gasteiger charge is 2.22. The standard InChI is InChI=1S/C22H26ClN3O5S/c1-15(27)24-17-8-5-9-18(12-17)25-22(28)14-31-21-11-10-19(13-20(21)23)32(29,30)26-16-6-3-2-4-7-16/h5,8-13,16,26H,2-4,6-7,14H2,1H3,(H,24,27)(H,25,28). The van der Waals surface area contributed by atoms with Gasteiger partial charge in [-0.05, 0) is 49.2 Å². The lowest BCUT2D eigenvalue weighted by molar-refractivity contribution is -0.118. The SMILES string of the molecule is CC(=O)Nc1cccc(NC(=O)COc2ccc(S(=O)(=O)NC3CCCCC3)cc2Cl)c1. The molecule has 0 spiro atoms. The third-order valence-electron chi connectivity index (χ3n) is 4.97. The van der Waals surface area contributed by atoms with Crippen LogP contribution in [0.3, 0.4) is 0 Å². The van der Waals surface area contributed by atoms with E-state index in [2.05, 4.69) is 15.4 Å². The molecule has 1 fully saturated rings. The van der Waals surface area contributed by atoms with E-state index in [1.165, 1.54) is 25.1 Å². The van der Waals surface area contributed by atoms with Crippen LogP contribution in [-0.4, -0.2) is 32.9 Å². The zero-order valence-electron chi connectivity index (χ0n) is 17.7.